The van der Waals surface area contributed by atoms with Gasteiger partial charge in [-0.05, 0) is 38.1 Å². The summed E-state index contributed by atoms with van der Waals surface area (Å²) >= 11 is 0. The normalized spacial score (nSPS) is 12.5. The van der Waals surface area contributed by atoms with Gasteiger partial charge in [0.05, 0.1) is 29.4 Å². The van der Waals surface area contributed by atoms with Gasteiger partial charge in [-0.25, -0.2) is 0 Å². The Hall–Kier alpha value is -2.34. The average Bonchev–Trinajstić information content (AvgIpc) is 2.93. The molecule has 5 nitrogen and oxygen atoms in total. The standard InChI is InChI=1S/C17H18N2O3S/c1-10-8-18-15(11(2)17(10)22-3)9-23(21)16-7-12-6-13(20)4-5-14(12)19-16/h4-8,19-20H,9H2,1-3H3. The van der Waals surface area contributed by atoms with Crippen molar-refractivity contribution < 1.29 is 14.1 Å². The Balaban J connectivity index is 1.91. The van der Waals surface area contributed by atoms with E-state index in [1.165, 1.54) is 0 Å². The van der Waals surface area contributed by atoms with Crippen molar-refractivity contribution in [1.29, 1.82) is 0 Å². The van der Waals surface area contributed by atoms with Crippen molar-refractivity contribution in [2.24, 2.45) is 0 Å². The molecule has 0 aliphatic carbocycles. The van der Waals surface area contributed by atoms with Crippen LogP contribution in [0, 0.1) is 13.8 Å². The van der Waals surface area contributed by atoms with E-state index < -0.39 is 10.8 Å². The molecule has 0 fully saturated rings. The Morgan fingerprint density at radius 1 is 1.30 bits per heavy atom. The first kappa shape index (κ1) is 15.6. The molecule has 0 bridgehead atoms. The zero-order valence-corrected chi connectivity index (χ0v) is 14.0. The van der Waals surface area contributed by atoms with E-state index in [1.54, 1.807) is 37.6 Å². The number of phenols is 1. The zero-order valence-electron chi connectivity index (χ0n) is 13.2. The molecule has 23 heavy (non-hydrogen) atoms. The first-order chi connectivity index (χ1) is 11.0. The number of methoxy groups -OCH3 is 1. The summed E-state index contributed by atoms with van der Waals surface area (Å²) < 4.78 is 18.0. The molecule has 3 rings (SSSR count). The molecule has 1 aromatic carbocycles. The fraction of sp³-hybridized carbons (Fsp3) is 0.235. The maximum absolute atomic E-state index is 12.6. The molecule has 2 aromatic heterocycles. The summed E-state index contributed by atoms with van der Waals surface area (Å²) in [5, 5.41) is 11.0. The van der Waals surface area contributed by atoms with Crippen LogP contribution in [0.15, 0.2) is 35.5 Å². The van der Waals surface area contributed by atoms with Crippen molar-refractivity contribution in [3.05, 3.63) is 47.3 Å². The lowest BCUT2D eigenvalue weighted by Crippen LogP contribution is -2.04. The van der Waals surface area contributed by atoms with Crippen molar-refractivity contribution in [2.75, 3.05) is 7.11 Å². The third-order valence-corrected chi connectivity index (χ3v) is 5.09. The summed E-state index contributed by atoms with van der Waals surface area (Å²) in [6.45, 7) is 3.86. The molecule has 6 heteroatoms. The molecular weight excluding hydrogens is 312 g/mol. The number of nitrogens with one attached hydrogen (secondary N) is 1. The summed E-state index contributed by atoms with van der Waals surface area (Å²) in [7, 11) is 0.369. The molecule has 0 saturated carbocycles. The smallest absolute Gasteiger partial charge is 0.128 e. The number of H-pyrrole nitrogens is 1. The van der Waals surface area contributed by atoms with Crippen molar-refractivity contribution in [2.45, 2.75) is 24.6 Å². The van der Waals surface area contributed by atoms with E-state index in [9.17, 15) is 9.32 Å². The van der Waals surface area contributed by atoms with Gasteiger partial charge in [0, 0.05) is 28.2 Å². The van der Waals surface area contributed by atoms with Crippen LogP contribution in [0.4, 0.5) is 0 Å². The molecule has 0 radical (unpaired) electrons. The highest BCUT2D eigenvalue weighted by atomic mass is 32.2. The van der Waals surface area contributed by atoms with Crippen LogP contribution in [-0.4, -0.2) is 26.4 Å². The fourth-order valence-corrected chi connectivity index (χ4v) is 3.81. The Morgan fingerprint density at radius 3 is 2.83 bits per heavy atom. The summed E-state index contributed by atoms with van der Waals surface area (Å²) in [6, 6.07) is 6.81. The average molecular weight is 330 g/mol. The SMILES string of the molecule is COc1c(C)cnc(CS(=O)c2cc3cc(O)ccc3[nH]2)c1C. The predicted molar refractivity (Wildman–Crippen MR) is 90.3 cm³/mol. The summed E-state index contributed by atoms with van der Waals surface area (Å²) in [5.41, 5.74) is 3.47. The molecule has 0 aliphatic heterocycles. The first-order valence-electron chi connectivity index (χ1n) is 7.18. The second kappa shape index (κ2) is 6.04. The number of aromatic nitrogens is 2. The van der Waals surface area contributed by atoms with Crippen LogP contribution in [0.2, 0.25) is 0 Å². The van der Waals surface area contributed by atoms with Crippen LogP contribution in [0.25, 0.3) is 10.9 Å². The molecule has 1 unspecified atom stereocenters. The number of phenolic OH excluding ortho intramolecular Hbond substituents is 1. The van der Waals surface area contributed by atoms with Gasteiger partial charge >= 0.3 is 0 Å². The summed E-state index contributed by atoms with van der Waals surface area (Å²) in [6.07, 6.45) is 1.74. The predicted octanol–water partition coefficient (Wildman–Crippen LogP) is 3.20. The Kier molecular flexibility index (Phi) is 4.09. The maximum Gasteiger partial charge on any atom is 0.128 e. The lowest BCUT2D eigenvalue weighted by atomic mass is 10.1. The first-order valence-corrected chi connectivity index (χ1v) is 8.50. The monoisotopic (exact) mass is 330 g/mol. The van der Waals surface area contributed by atoms with Gasteiger partial charge < -0.3 is 14.8 Å². The van der Waals surface area contributed by atoms with Gasteiger partial charge in [0.15, 0.2) is 0 Å². The highest BCUT2D eigenvalue weighted by Crippen LogP contribution is 2.27. The molecule has 0 saturated heterocycles. The number of fused-ring (bicyclic) bond motifs is 1. The molecule has 1 atom stereocenters. The number of benzene rings is 1. The van der Waals surface area contributed by atoms with Gasteiger partial charge in [0.2, 0.25) is 0 Å². The van der Waals surface area contributed by atoms with Crippen LogP contribution in [0.1, 0.15) is 16.8 Å². The van der Waals surface area contributed by atoms with Gasteiger partial charge in [-0.1, -0.05) is 0 Å². The third-order valence-electron chi connectivity index (χ3n) is 3.84. The summed E-state index contributed by atoms with van der Waals surface area (Å²) in [5.74, 6) is 1.28. The Bertz CT molecular complexity index is 902. The minimum absolute atomic E-state index is 0.189. The highest BCUT2D eigenvalue weighted by molar-refractivity contribution is 7.84. The van der Waals surface area contributed by atoms with Gasteiger partial charge in [-0.2, -0.15) is 0 Å². The minimum Gasteiger partial charge on any atom is -0.508 e. The number of rotatable bonds is 4. The van der Waals surface area contributed by atoms with Crippen LogP contribution in [0.3, 0.4) is 0 Å². The second-order valence-electron chi connectivity index (χ2n) is 5.44. The number of aromatic amines is 1. The molecule has 2 heterocycles. The van der Waals surface area contributed by atoms with Crippen LogP contribution >= 0.6 is 0 Å². The van der Waals surface area contributed by atoms with E-state index in [0.717, 1.165) is 33.5 Å². The van der Waals surface area contributed by atoms with Crippen LogP contribution < -0.4 is 4.74 Å². The van der Waals surface area contributed by atoms with Crippen molar-refractivity contribution in [3.8, 4) is 11.5 Å². The lowest BCUT2D eigenvalue weighted by Gasteiger charge is -2.11. The van der Waals surface area contributed by atoms with Gasteiger partial charge in [0.1, 0.15) is 16.5 Å². The molecule has 2 N–H and O–H groups in total. The van der Waals surface area contributed by atoms with Gasteiger partial charge in [-0.15, -0.1) is 0 Å². The third kappa shape index (κ3) is 2.94. The molecule has 0 spiro atoms. The molecule has 120 valence electrons. The van der Waals surface area contributed by atoms with Gasteiger partial charge in [-0.3, -0.25) is 9.19 Å². The number of pyridine rings is 1. The number of nitrogens with zero attached hydrogens (tertiary/aromatic N) is 1. The number of hydrogen-bond acceptors (Lipinski definition) is 4. The molecule has 0 amide bonds. The van der Waals surface area contributed by atoms with E-state index in [4.69, 9.17) is 4.74 Å². The number of aryl methyl sites for hydroxylation is 1. The highest BCUT2D eigenvalue weighted by Gasteiger charge is 2.15. The van der Waals surface area contributed by atoms with E-state index in [-0.39, 0.29) is 5.75 Å². The maximum atomic E-state index is 12.6. The van der Waals surface area contributed by atoms with Crippen LogP contribution in [-0.2, 0) is 16.6 Å². The largest absolute Gasteiger partial charge is 0.508 e. The van der Waals surface area contributed by atoms with E-state index in [1.807, 2.05) is 13.8 Å². The van der Waals surface area contributed by atoms with E-state index >= 15 is 0 Å². The van der Waals surface area contributed by atoms with E-state index in [0.29, 0.717) is 10.8 Å². The quantitative estimate of drug-likeness (QED) is 0.770. The fourth-order valence-electron chi connectivity index (χ4n) is 2.63. The lowest BCUT2D eigenvalue weighted by molar-refractivity contribution is 0.407. The molecule has 0 aliphatic rings. The minimum atomic E-state index is -1.26. The Morgan fingerprint density at radius 2 is 2.09 bits per heavy atom. The number of aromatic hydroxyl groups is 1. The van der Waals surface area contributed by atoms with Gasteiger partial charge in [0.25, 0.3) is 0 Å². The second-order valence-corrected chi connectivity index (χ2v) is 6.86. The topological polar surface area (TPSA) is 75.2 Å². The summed E-state index contributed by atoms with van der Waals surface area (Å²) in [4.78, 5) is 7.52. The Labute approximate surface area is 136 Å². The van der Waals surface area contributed by atoms with Crippen molar-refractivity contribution in [3.63, 3.8) is 0 Å². The molecular formula is C17H18N2O3S. The van der Waals surface area contributed by atoms with E-state index in [2.05, 4.69) is 9.97 Å². The van der Waals surface area contributed by atoms with Crippen molar-refractivity contribution in [1.82, 2.24) is 9.97 Å². The zero-order chi connectivity index (χ0) is 16.6. The van der Waals surface area contributed by atoms with Crippen LogP contribution in [0.5, 0.6) is 11.5 Å². The number of ether oxygens (including phenoxy) is 1. The number of hydrogen-bond donors (Lipinski definition) is 2. The molecule has 3 aromatic rings. The van der Waals surface area contributed by atoms with Crippen molar-refractivity contribution >= 4 is 21.7 Å².